The van der Waals surface area contributed by atoms with Crippen molar-refractivity contribution in [2.45, 2.75) is 45.7 Å². The molecule has 180 valence electrons. The van der Waals surface area contributed by atoms with E-state index in [1.807, 2.05) is 60.7 Å². The van der Waals surface area contributed by atoms with Crippen LogP contribution in [0.15, 0.2) is 73.1 Å². The van der Waals surface area contributed by atoms with E-state index in [1.54, 1.807) is 20.8 Å². The number of carbonyl (C=O) groups is 1. The van der Waals surface area contributed by atoms with Crippen LogP contribution in [0.4, 0.5) is 10.6 Å². The first-order valence-corrected chi connectivity index (χ1v) is 11.1. The summed E-state index contributed by atoms with van der Waals surface area (Å²) in [4.78, 5) is 20.3. The molecule has 0 aliphatic rings. The Bertz CT molecular complexity index is 947. The molecular weight excluding hydrogens is 434 g/mol. The molecule has 0 spiro atoms. The Kier molecular flexibility index (Phi) is 9.37. The van der Waals surface area contributed by atoms with Gasteiger partial charge in [0.1, 0.15) is 11.7 Å². The van der Waals surface area contributed by atoms with Crippen molar-refractivity contribution in [2.24, 2.45) is 0 Å². The molecule has 2 aromatic carbocycles. The van der Waals surface area contributed by atoms with Crippen LogP contribution >= 0.6 is 0 Å². The lowest BCUT2D eigenvalue weighted by Gasteiger charge is -2.20. The Balaban J connectivity index is 1.54. The molecule has 1 amide bonds. The van der Waals surface area contributed by atoms with Crippen molar-refractivity contribution in [3.05, 3.63) is 84.2 Å². The summed E-state index contributed by atoms with van der Waals surface area (Å²) in [5.41, 5.74) is 1.54. The highest BCUT2D eigenvalue weighted by atomic mass is 16.6. The van der Waals surface area contributed by atoms with Gasteiger partial charge in [0.05, 0.1) is 38.8 Å². The summed E-state index contributed by atoms with van der Waals surface area (Å²) in [6.45, 7) is 6.90. The first-order chi connectivity index (χ1) is 16.4. The van der Waals surface area contributed by atoms with Gasteiger partial charge in [-0.15, -0.1) is 0 Å². The highest BCUT2D eigenvalue weighted by molar-refractivity contribution is 5.83. The van der Waals surface area contributed by atoms with Crippen LogP contribution in [-0.4, -0.2) is 41.0 Å². The first-order valence-electron chi connectivity index (χ1n) is 11.1. The zero-order valence-corrected chi connectivity index (χ0v) is 19.8. The first kappa shape index (κ1) is 25.1. The molecule has 3 aromatic rings. The third-order valence-corrected chi connectivity index (χ3v) is 4.38. The van der Waals surface area contributed by atoms with E-state index in [2.05, 4.69) is 15.3 Å². The number of nitrogens with one attached hydrogen (secondary N) is 1. The van der Waals surface area contributed by atoms with Gasteiger partial charge in [-0.2, -0.15) is 0 Å². The lowest BCUT2D eigenvalue weighted by Crippen LogP contribution is -2.29. The van der Waals surface area contributed by atoms with Crippen LogP contribution in [-0.2, 0) is 27.4 Å². The molecule has 3 rings (SSSR count). The van der Waals surface area contributed by atoms with Crippen molar-refractivity contribution < 1.29 is 23.7 Å². The highest BCUT2D eigenvalue weighted by Gasteiger charge is 2.17. The molecule has 0 unspecified atom stereocenters. The summed E-state index contributed by atoms with van der Waals surface area (Å²) >= 11 is 0. The molecule has 8 nitrogen and oxygen atoms in total. The zero-order chi connectivity index (χ0) is 24.2. The minimum absolute atomic E-state index is 0.263. The van der Waals surface area contributed by atoms with Gasteiger partial charge in [0.2, 0.25) is 5.88 Å². The van der Waals surface area contributed by atoms with Crippen LogP contribution < -0.4 is 10.1 Å². The fourth-order valence-electron chi connectivity index (χ4n) is 2.90. The second-order valence-corrected chi connectivity index (χ2v) is 8.61. The Morgan fingerprint density at radius 2 is 1.41 bits per heavy atom. The lowest BCUT2D eigenvalue weighted by atomic mass is 10.2. The van der Waals surface area contributed by atoms with Crippen LogP contribution in [0.25, 0.3) is 0 Å². The number of rotatable bonds is 11. The van der Waals surface area contributed by atoms with Gasteiger partial charge in [-0.25, -0.2) is 14.8 Å². The van der Waals surface area contributed by atoms with Crippen molar-refractivity contribution in [2.75, 3.05) is 18.5 Å². The summed E-state index contributed by atoms with van der Waals surface area (Å²) < 4.78 is 22.9. The fourth-order valence-corrected chi connectivity index (χ4v) is 2.90. The van der Waals surface area contributed by atoms with E-state index < -0.39 is 17.8 Å². The van der Waals surface area contributed by atoms with Gasteiger partial charge in [0, 0.05) is 0 Å². The number of hydrogen-bond donors (Lipinski definition) is 1. The molecule has 0 atom stereocenters. The van der Waals surface area contributed by atoms with Crippen molar-refractivity contribution in [1.29, 1.82) is 0 Å². The average molecular weight is 466 g/mol. The molecule has 0 aliphatic carbocycles. The van der Waals surface area contributed by atoms with E-state index >= 15 is 0 Å². The van der Waals surface area contributed by atoms with Gasteiger partial charge in [0.25, 0.3) is 0 Å². The number of aromatic nitrogens is 2. The molecule has 0 bridgehead atoms. The maximum atomic E-state index is 11.9. The molecule has 0 radical (unpaired) electrons. The lowest BCUT2D eigenvalue weighted by molar-refractivity contribution is -0.0175. The monoisotopic (exact) mass is 465 g/mol. The average Bonchev–Trinajstić information content (AvgIpc) is 2.80. The summed E-state index contributed by atoms with van der Waals surface area (Å²) in [6.07, 6.45) is 1.85. The number of nitrogens with zero attached hydrogens (tertiary/aromatic N) is 2. The van der Waals surface area contributed by atoms with E-state index in [1.165, 1.54) is 12.4 Å². The van der Waals surface area contributed by atoms with Gasteiger partial charge in [0.15, 0.2) is 5.82 Å². The van der Waals surface area contributed by atoms with Gasteiger partial charge < -0.3 is 18.9 Å². The van der Waals surface area contributed by atoms with Crippen molar-refractivity contribution in [1.82, 2.24) is 9.97 Å². The minimum Gasteiger partial charge on any atom is -0.468 e. The SMILES string of the molecule is CC(C)(C)OC(=O)Nc1cnc(OC(COCc2ccccc2)COCc2ccccc2)cn1. The van der Waals surface area contributed by atoms with Crippen molar-refractivity contribution in [3.8, 4) is 5.88 Å². The quantitative estimate of drug-likeness (QED) is 0.426. The van der Waals surface area contributed by atoms with E-state index in [-0.39, 0.29) is 5.82 Å². The smallest absolute Gasteiger partial charge is 0.413 e. The van der Waals surface area contributed by atoms with Crippen LogP contribution in [0, 0.1) is 0 Å². The van der Waals surface area contributed by atoms with Crippen LogP contribution in [0.3, 0.4) is 0 Å². The predicted molar refractivity (Wildman–Crippen MR) is 129 cm³/mol. The second-order valence-electron chi connectivity index (χ2n) is 8.61. The van der Waals surface area contributed by atoms with Crippen LogP contribution in [0.1, 0.15) is 31.9 Å². The molecule has 34 heavy (non-hydrogen) atoms. The van der Waals surface area contributed by atoms with Crippen molar-refractivity contribution in [3.63, 3.8) is 0 Å². The molecule has 0 saturated carbocycles. The Labute approximate surface area is 200 Å². The number of hydrogen-bond acceptors (Lipinski definition) is 7. The number of amides is 1. The zero-order valence-electron chi connectivity index (χ0n) is 19.8. The predicted octanol–water partition coefficient (Wildman–Crippen LogP) is 5.00. The second kappa shape index (κ2) is 12.7. The normalized spacial score (nSPS) is 11.3. The van der Waals surface area contributed by atoms with E-state index in [0.717, 1.165) is 11.1 Å². The fraction of sp³-hybridized carbons (Fsp3) is 0.346. The van der Waals surface area contributed by atoms with E-state index in [9.17, 15) is 4.79 Å². The number of carbonyl (C=O) groups excluding carboxylic acids is 1. The van der Waals surface area contributed by atoms with Crippen LogP contribution in [0.5, 0.6) is 5.88 Å². The molecular formula is C26H31N3O5. The van der Waals surface area contributed by atoms with E-state index in [0.29, 0.717) is 32.3 Å². The molecule has 1 N–H and O–H groups in total. The van der Waals surface area contributed by atoms with Gasteiger partial charge in [-0.3, -0.25) is 5.32 Å². The van der Waals surface area contributed by atoms with Crippen molar-refractivity contribution >= 4 is 11.9 Å². The molecule has 8 heteroatoms. The Morgan fingerprint density at radius 1 is 0.853 bits per heavy atom. The molecule has 1 heterocycles. The summed E-state index contributed by atoms with van der Waals surface area (Å²) in [7, 11) is 0. The molecule has 0 fully saturated rings. The Hall–Kier alpha value is -3.49. The third kappa shape index (κ3) is 9.56. The summed E-state index contributed by atoms with van der Waals surface area (Å²) in [5, 5.41) is 2.54. The third-order valence-electron chi connectivity index (χ3n) is 4.38. The highest BCUT2D eigenvalue weighted by Crippen LogP contribution is 2.13. The van der Waals surface area contributed by atoms with Gasteiger partial charge in [-0.1, -0.05) is 60.7 Å². The summed E-state index contributed by atoms with van der Waals surface area (Å²) in [6, 6.07) is 19.8. The Morgan fingerprint density at radius 3 is 1.88 bits per heavy atom. The molecule has 1 aromatic heterocycles. The largest absolute Gasteiger partial charge is 0.468 e. The van der Waals surface area contributed by atoms with Gasteiger partial charge in [-0.05, 0) is 31.9 Å². The summed E-state index contributed by atoms with van der Waals surface area (Å²) in [5.74, 6) is 0.560. The van der Waals surface area contributed by atoms with Crippen LogP contribution in [0.2, 0.25) is 0 Å². The van der Waals surface area contributed by atoms with E-state index in [4.69, 9.17) is 18.9 Å². The number of ether oxygens (including phenoxy) is 4. The van der Waals surface area contributed by atoms with Gasteiger partial charge >= 0.3 is 6.09 Å². The number of anilines is 1. The minimum atomic E-state index is -0.604. The maximum Gasteiger partial charge on any atom is 0.413 e. The maximum absolute atomic E-state index is 11.9. The topological polar surface area (TPSA) is 91.8 Å². The number of benzene rings is 2. The molecule has 0 saturated heterocycles. The standard InChI is InChI=1S/C26H31N3O5/c1-26(2,3)34-25(30)29-23-14-28-24(15-27-23)33-22(18-31-16-20-10-6-4-7-11-20)19-32-17-21-12-8-5-9-13-21/h4-15,22H,16-19H2,1-3H3,(H,27,29,30). The molecule has 0 aliphatic heterocycles.